The molecule has 0 aliphatic carbocycles. The number of aryl methyl sites for hydroxylation is 1. The molecule has 1 N–H and O–H groups in total. The normalized spacial score (nSPS) is 11.0. The van der Waals surface area contributed by atoms with Crippen molar-refractivity contribution in [1.29, 1.82) is 0 Å². The standard InChI is InChI=1S/C28H22FN3O2S/c1-2-18-14-19(10-12-26(18)33)27-13-11-22(35-27)17-32(21-7-5-6-20(29)15-21)28(34)25-16-30-23-8-3-4-9-24(23)31-25/h3-16,33H,2,17H2,1H3. The van der Waals surface area contributed by atoms with Gasteiger partial charge in [0.2, 0.25) is 0 Å². The second-order valence-corrected chi connectivity index (χ2v) is 9.25. The van der Waals surface area contributed by atoms with Crippen LogP contribution in [0.15, 0.2) is 85.1 Å². The second-order valence-electron chi connectivity index (χ2n) is 8.08. The highest BCUT2D eigenvalue weighted by Gasteiger charge is 2.22. The predicted molar refractivity (Wildman–Crippen MR) is 137 cm³/mol. The number of halogens is 1. The van der Waals surface area contributed by atoms with Crippen LogP contribution in [0.3, 0.4) is 0 Å². The Morgan fingerprint density at radius 3 is 2.63 bits per heavy atom. The highest BCUT2D eigenvalue weighted by Crippen LogP contribution is 2.33. The first kappa shape index (κ1) is 22.7. The molecule has 0 atom stereocenters. The van der Waals surface area contributed by atoms with Gasteiger partial charge in [0.15, 0.2) is 0 Å². The number of rotatable bonds is 6. The molecule has 35 heavy (non-hydrogen) atoms. The molecule has 0 aliphatic rings. The largest absolute Gasteiger partial charge is 0.508 e. The van der Waals surface area contributed by atoms with E-state index in [1.54, 1.807) is 35.6 Å². The van der Waals surface area contributed by atoms with Crippen molar-refractivity contribution in [3.05, 3.63) is 107 Å². The van der Waals surface area contributed by atoms with Gasteiger partial charge >= 0.3 is 0 Å². The van der Waals surface area contributed by atoms with Crippen LogP contribution in [0, 0.1) is 5.82 Å². The van der Waals surface area contributed by atoms with Crippen LogP contribution >= 0.6 is 11.3 Å². The van der Waals surface area contributed by atoms with Gasteiger partial charge in [0.1, 0.15) is 17.3 Å². The smallest absolute Gasteiger partial charge is 0.278 e. The van der Waals surface area contributed by atoms with Gasteiger partial charge in [0, 0.05) is 15.4 Å². The fourth-order valence-electron chi connectivity index (χ4n) is 3.92. The van der Waals surface area contributed by atoms with Crippen molar-refractivity contribution in [3.63, 3.8) is 0 Å². The first-order valence-corrected chi connectivity index (χ1v) is 12.0. The van der Waals surface area contributed by atoms with Crippen LogP contribution in [0.2, 0.25) is 0 Å². The van der Waals surface area contributed by atoms with Gasteiger partial charge in [-0.25, -0.2) is 9.37 Å². The van der Waals surface area contributed by atoms with E-state index in [-0.39, 0.29) is 23.9 Å². The molecule has 0 fully saturated rings. The summed E-state index contributed by atoms with van der Waals surface area (Å²) < 4.78 is 14.1. The maximum Gasteiger partial charge on any atom is 0.278 e. The lowest BCUT2D eigenvalue weighted by atomic mass is 10.1. The summed E-state index contributed by atoms with van der Waals surface area (Å²) in [6.45, 7) is 2.25. The molecule has 1 amide bonds. The zero-order valence-corrected chi connectivity index (χ0v) is 19.8. The fraction of sp³-hybridized carbons (Fsp3) is 0.107. The number of phenols is 1. The van der Waals surface area contributed by atoms with Crippen molar-refractivity contribution >= 4 is 34.0 Å². The third-order valence-corrected chi connectivity index (χ3v) is 6.87. The van der Waals surface area contributed by atoms with Gasteiger partial charge in [0.25, 0.3) is 5.91 Å². The Morgan fingerprint density at radius 1 is 1.00 bits per heavy atom. The molecule has 0 saturated heterocycles. The average molecular weight is 484 g/mol. The van der Waals surface area contributed by atoms with Gasteiger partial charge in [0.05, 0.1) is 23.8 Å². The van der Waals surface area contributed by atoms with Crippen molar-refractivity contribution in [1.82, 2.24) is 9.97 Å². The minimum absolute atomic E-state index is 0.191. The summed E-state index contributed by atoms with van der Waals surface area (Å²) >= 11 is 1.55. The number of nitrogens with zero attached hydrogens (tertiary/aromatic N) is 3. The van der Waals surface area contributed by atoms with E-state index in [2.05, 4.69) is 9.97 Å². The average Bonchev–Trinajstić information content (AvgIpc) is 3.35. The van der Waals surface area contributed by atoms with Crippen molar-refractivity contribution < 1.29 is 14.3 Å². The van der Waals surface area contributed by atoms with Crippen LogP contribution < -0.4 is 4.90 Å². The molecule has 0 aliphatic heterocycles. The Labute approximate surface area is 206 Å². The fourth-order valence-corrected chi connectivity index (χ4v) is 4.91. The summed E-state index contributed by atoms with van der Waals surface area (Å²) in [6, 6.07) is 22.8. The van der Waals surface area contributed by atoms with Crippen LogP contribution in [0.5, 0.6) is 5.75 Å². The van der Waals surface area contributed by atoms with E-state index in [4.69, 9.17) is 0 Å². The number of thiophene rings is 1. The SMILES string of the molecule is CCc1cc(-c2ccc(CN(C(=O)c3cnc4ccccc4n3)c3cccc(F)c3)s2)ccc1O. The number of carbonyl (C=O) groups excluding carboxylic acids is 1. The minimum atomic E-state index is -0.423. The number of aromatic hydroxyl groups is 1. The van der Waals surface area contributed by atoms with Crippen LogP contribution in [-0.4, -0.2) is 21.0 Å². The number of hydrogen-bond acceptors (Lipinski definition) is 5. The molecule has 3 aromatic carbocycles. The second kappa shape index (κ2) is 9.64. The molecule has 5 rings (SSSR count). The molecule has 0 unspecified atom stereocenters. The van der Waals surface area contributed by atoms with Crippen molar-refractivity contribution in [3.8, 4) is 16.2 Å². The number of fused-ring (bicyclic) bond motifs is 1. The van der Waals surface area contributed by atoms with Gasteiger partial charge in [-0.1, -0.05) is 25.1 Å². The maximum absolute atomic E-state index is 14.1. The minimum Gasteiger partial charge on any atom is -0.508 e. The Hall–Kier alpha value is -4.10. The van der Waals surface area contributed by atoms with E-state index < -0.39 is 5.82 Å². The van der Waals surface area contributed by atoms with Crippen LogP contribution in [-0.2, 0) is 13.0 Å². The molecule has 0 radical (unpaired) electrons. The summed E-state index contributed by atoms with van der Waals surface area (Å²) in [5.41, 5.74) is 3.83. The molecule has 0 saturated carbocycles. The molecule has 0 spiro atoms. The number of amides is 1. The molecule has 7 heteroatoms. The number of aromatic nitrogens is 2. The zero-order chi connectivity index (χ0) is 24.4. The molecule has 2 heterocycles. The van der Waals surface area contributed by atoms with Crippen molar-refractivity contribution in [2.24, 2.45) is 0 Å². The summed E-state index contributed by atoms with van der Waals surface area (Å²) in [5.74, 6) is -0.498. The Bertz CT molecular complexity index is 1530. The molecule has 174 valence electrons. The van der Waals surface area contributed by atoms with Crippen molar-refractivity contribution in [2.45, 2.75) is 19.9 Å². The number of benzene rings is 3. The van der Waals surface area contributed by atoms with E-state index in [1.807, 2.05) is 49.4 Å². The topological polar surface area (TPSA) is 66.3 Å². The van der Waals surface area contributed by atoms with Crippen LogP contribution in [0.4, 0.5) is 10.1 Å². The number of hydrogen-bond donors (Lipinski definition) is 1. The monoisotopic (exact) mass is 483 g/mol. The lowest BCUT2D eigenvalue weighted by molar-refractivity contribution is 0.0980. The summed E-state index contributed by atoms with van der Waals surface area (Å²) in [7, 11) is 0. The molecular weight excluding hydrogens is 461 g/mol. The first-order chi connectivity index (χ1) is 17.0. The van der Waals surface area contributed by atoms with E-state index in [0.717, 1.165) is 27.3 Å². The zero-order valence-electron chi connectivity index (χ0n) is 19.0. The lowest BCUT2D eigenvalue weighted by Crippen LogP contribution is -2.31. The highest BCUT2D eigenvalue weighted by atomic mass is 32.1. The molecular formula is C28H22FN3O2S. The Kier molecular flexibility index (Phi) is 6.25. The number of carbonyl (C=O) groups is 1. The van der Waals surface area contributed by atoms with E-state index in [9.17, 15) is 14.3 Å². The van der Waals surface area contributed by atoms with Gasteiger partial charge < -0.3 is 10.0 Å². The van der Waals surface area contributed by atoms with Crippen LogP contribution in [0.25, 0.3) is 21.5 Å². The van der Waals surface area contributed by atoms with E-state index in [0.29, 0.717) is 16.7 Å². The summed E-state index contributed by atoms with van der Waals surface area (Å²) in [5, 5.41) is 10.0. The Morgan fingerprint density at radius 2 is 1.83 bits per heavy atom. The number of phenolic OH excluding ortho intramolecular Hbond substituents is 1. The Balaban J connectivity index is 1.49. The third-order valence-electron chi connectivity index (χ3n) is 5.75. The molecule has 5 aromatic rings. The molecule has 0 bridgehead atoms. The van der Waals surface area contributed by atoms with Crippen molar-refractivity contribution in [2.75, 3.05) is 4.90 Å². The van der Waals surface area contributed by atoms with Crippen LogP contribution in [0.1, 0.15) is 27.9 Å². The van der Waals surface area contributed by atoms with Gasteiger partial charge in [-0.3, -0.25) is 9.78 Å². The first-order valence-electron chi connectivity index (χ1n) is 11.2. The number of anilines is 1. The lowest BCUT2D eigenvalue weighted by Gasteiger charge is -2.22. The van der Waals surface area contributed by atoms with Gasteiger partial charge in [-0.05, 0) is 78.2 Å². The predicted octanol–water partition coefficient (Wildman–Crippen LogP) is 6.61. The van der Waals surface area contributed by atoms with Gasteiger partial charge in [-0.2, -0.15) is 0 Å². The van der Waals surface area contributed by atoms with E-state index in [1.165, 1.54) is 23.2 Å². The highest BCUT2D eigenvalue weighted by molar-refractivity contribution is 7.15. The summed E-state index contributed by atoms with van der Waals surface area (Å²) in [6.07, 6.45) is 2.19. The molecule has 2 aromatic heterocycles. The third kappa shape index (κ3) is 4.76. The summed E-state index contributed by atoms with van der Waals surface area (Å²) in [4.78, 5) is 25.9. The molecule has 5 nitrogen and oxygen atoms in total. The van der Waals surface area contributed by atoms with Gasteiger partial charge in [-0.15, -0.1) is 11.3 Å². The maximum atomic E-state index is 14.1. The van der Waals surface area contributed by atoms with E-state index >= 15 is 0 Å². The quantitative estimate of drug-likeness (QED) is 0.295. The number of para-hydroxylation sites is 2.